The summed E-state index contributed by atoms with van der Waals surface area (Å²) < 4.78 is 0. The standard InChI is InChI=1S/C12H24/c1-5-7-8-9(3)12-10(4)11(12)6-2/h9-12H,5-8H2,1-4H3. The summed E-state index contributed by atoms with van der Waals surface area (Å²) in [4.78, 5) is 0. The van der Waals surface area contributed by atoms with Crippen molar-refractivity contribution in [3.8, 4) is 0 Å². The summed E-state index contributed by atoms with van der Waals surface area (Å²) in [6, 6.07) is 0. The number of unbranched alkanes of at least 4 members (excludes halogenated alkanes) is 1. The Bertz CT molecular complexity index is 128. The lowest BCUT2D eigenvalue weighted by Crippen LogP contribution is -1.99. The molecule has 0 aromatic carbocycles. The maximum Gasteiger partial charge on any atom is -0.0329 e. The van der Waals surface area contributed by atoms with Crippen LogP contribution in [0.15, 0.2) is 0 Å². The Kier molecular flexibility index (Phi) is 3.61. The Balaban J connectivity index is 2.21. The van der Waals surface area contributed by atoms with E-state index in [1.165, 1.54) is 25.7 Å². The van der Waals surface area contributed by atoms with Crippen LogP contribution in [-0.2, 0) is 0 Å². The van der Waals surface area contributed by atoms with Gasteiger partial charge in [0.15, 0.2) is 0 Å². The van der Waals surface area contributed by atoms with Crippen LogP contribution in [-0.4, -0.2) is 0 Å². The summed E-state index contributed by atoms with van der Waals surface area (Å²) in [5.74, 6) is 4.16. The summed E-state index contributed by atoms with van der Waals surface area (Å²) in [7, 11) is 0. The molecule has 1 aliphatic carbocycles. The SMILES string of the molecule is CCCCC(C)C1C(C)C1CC. The summed E-state index contributed by atoms with van der Waals surface area (Å²) in [5, 5.41) is 0. The number of rotatable bonds is 5. The van der Waals surface area contributed by atoms with E-state index in [1.807, 2.05) is 0 Å². The first kappa shape index (κ1) is 10.1. The van der Waals surface area contributed by atoms with E-state index in [4.69, 9.17) is 0 Å². The highest BCUT2D eigenvalue weighted by Gasteiger charge is 2.47. The molecule has 0 heteroatoms. The molecule has 0 nitrogen and oxygen atoms in total. The van der Waals surface area contributed by atoms with E-state index in [2.05, 4.69) is 27.7 Å². The molecule has 4 atom stereocenters. The van der Waals surface area contributed by atoms with Crippen LogP contribution in [0.5, 0.6) is 0 Å². The second kappa shape index (κ2) is 4.30. The average Bonchev–Trinajstić information content (AvgIpc) is 2.72. The van der Waals surface area contributed by atoms with Crippen molar-refractivity contribution in [1.82, 2.24) is 0 Å². The molecule has 1 fully saturated rings. The topological polar surface area (TPSA) is 0 Å². The molecule has 0 radical (unpaired) electrons. The van der Waals surface area contributed by atoms with Crippen molar-refractivity contribution < 1.29 is 0 Å². The van der Waals surface area contributed by atoms with Gasteiger partial charge >= 0.3 is 0 Å². The molecule has 0 saturated heterocycles. The van der Waals surface area contributed by atoms with Gasteiger partial charge < -0.3 is 0 Å². The molecular formula is C12H24. The fourth-order valence-electron chi connectivity index (χ4n) is 2.88. The molecule has 0 aliphatic heterocycles. The van der Waals surface area contributed by atoms with Crippen molar-refractivity contribution in [3.63, 3.8) is 0 Å². The minimum atomic E-state index is 0.991. The highest BCUT2D eigenvalue weighted by Crippen LogP contribution is 2.53. The van der Waals surface area contributed by atoms with E-state index in [9.17, 15) is 0 Å². The quantitative estimate of drug-likeness (QED) is 0.579. The number of hydrogen-bond acceptors (Lipinski definition) is 0. The molecule has 0 aromatic heterocycles. The van der Waals surface area contributed by atoms with Gasteiger partial charge in [-0.15, -0.1) is 0 Å². The summed E-state index contributed by atoms with van der Waals surface area (Å²) in [5.41, 5.74) is 0. The van der Waals surface area contributed by atoms with Crippen molar-refractivity contribution in [2.45, 2.75) is 53.4 Å². The molecule has 4 unspecified atom stereocenters. The van der Waals surface area contributed by atoms with Crippen molar-refractivity contribution in [1.29, 1.82) is 0 Å². The molecule has 0 heterocycles. The van der Waals surface area contributed by atoms with Crippen LogP contribution in [0.25, 0.3) is 0 Å². The molecule has 1 saturated carbocycles. The predicted octanol–water partition coefficient (Wildman–Crippen LogP) is 4.10. The van der Waals surface area contributed by atoms with Crippen LogP contribution < -0.4 is 0 Å². The minimum absolute atomic E-state index is 0.991. The van der Waals surface area contributed by atoms with Gasteiger partial charge in [0.2, 0.25) is 0 Å². The zero-order valence-electron chi connectivity index (χ0n) is 9.14. The van der Waals surface area contributed by atoms with E-state index in [0.717, 1.165) is 23.7 Å². The molecule has 1 rings (SSSR count). The molecule has 0 bridgehead atoms. The van der Waals surface area contributed by atoms with E-state index < -0.39 is 0 Å². The summed E-state index contributed by atoms with van der Waals surface area (Å²) >= 11 is 0. The van der Waals surface area contributed by atoms with Crippen LogP contribution in [0, 0.1) is 23.7 Å². The third-order valence-corrected chi connectivity index (χ3v) is 3.78. The Hall–Kier alpha value is 0. The molecule has 12 heavy (non-hydrogen) atoms. The van der Waals surface area contributed by atoms with Gasteiger partial charge in [-0.1, -0.05) is 53.4 Å². The van der Waals surface area contributed by atoms with Crippen molar-refractivity contribution >= 4 is 0 Å². The van der Waals surface area contributed by atoms with Crippen LogP contribution >= 0.6 is 0 Å². The molecule has 1 aliphatic rings. The summed E-state index contributed by atoms with van der Waals surface area (Å²) in [6.45, 7) is 9.52. The Morgan fingerprint density at radius 2 is 1.92 bits per heavy atom. The second-order valence-electron chi connectivity index (χ2n) is 4.63. The molecule has 0 N–H and O–H groups in total. The first-order valence-electron chi connectivity index (χ1n) is 5.72. The maximum atomic E-state index is 2.45. The first-order chi connectivity index (χ1) is 5.72. The van der Waals surface area contributed by atoms with E-state index in [-0.39, 0.29) is 0 Å². The van der Waals surface area contributed by atoms with Gasteiger partial charge in [0.1, 0.15) is 0 Å². The van der Waals surface area contributed by atoms with Crippen molar-refractivity contribution in [2.75, 3.05) is 0 Å². The lowest BCUT2D eigenvalue weighted by molar-refractivity contribution is 0.415. The monoisotopic (exact) mass is 168 g/mol. The fraction of sp³-hybridized carbons (Fsp3) is 1.00. The molecule has 0 aromatic rings. The maximum absolute atomic E-state index is 2.45. The van der Waals surface area contributed by atoms with Gasteiger partial charge in [0, 0.05) is 0 Å². The zero-order valence-corrected chi connectivity index (χ0v) is 9.14. The van der Waals surface area contributed by atoms with Crippen molar-refractivity contribution in [2.24, 2.45) is 23.7 Å². The van der Waals surface area contributed by atoms with Crippen LogP contribution in [0.3, 0.4) is 0 Å². The average molecular weight is 168 g/mol. The largest absolute Gasteiger partial charge is 0.0654 e. The summed E-state index contributed by atoms with van der Waals surface area (Å²) in [6.07, 6.45) is 5.66. The number of hydrogen-bond donors (Lipinski definition) is 0. The second-order valence-corrected chi connectivity index (χ2v) is 4.63. The molecule has 72 valence electrons. The first-order valence-corrected chi connectivity index (χ1v) is 5.72. The third kappa shape index (κ3) is 2.02. The third-order valence-electron chi connectivity index (χ3n) is 3.78. The van der Waals surface area contributed by atoms with E-state index in [0.29, 0.717) is 0 Å². The lowest BCUT2D eigenvalue weighted by atomic mass is 9.97. The van der Waals surface area contributed by atoms with Gasteiger partial charge in [0.25, 0.3) is 0 Å². The van der Waals surface area contributed by atoms with Gasteiger partial charge in [-0.3, -0.25) is 0 Å². The Morgan fingerprint density at radius 1 is 1.25 bits per heavy atom. The zero-order chi connectivity index (χ0) is 9.14. The molecular weight excluding hydrogens is 144 g/mol. The lowest BCUT2D eigenvalue weighted by Gasteiger charge is -2.09. The fourth-order valence-corrected chi connectivity index (χ4v) is 2.88. The minimum Gasteiger partial charge on any atom is -0.0654 e. The highest BCUT2D eigenvalue weighted by molar-refractivity contribution is 4.95. The smallest absolute Gasteiger partial charge is 0.0329 e. The molecule has 0 amide bonds. The van der Waals surface area contributed by atoms with Gasteiger partial charge in [-0.05, 0) is 23.7 Å². The Labute approximate surface area is 77.7 Å². The van der Waals surface area contributed by atoms with Crippen LogP contribution in [0.1, 0.15) is 53.4 Å². The van der Waals surface area contributed by atoms with Crippen molar-refractivity contribution in [3.05, 3.63) is 0 Å². The highest BCUT2D eigenvalue weighted by atomic mass is 14.5. The van der Waals surface area contributed by atoms with Gasteiger partial charge in [-0.2, -0.15) is 0 Å². The van der Waals surface area contributed by atoms with Crippen LogP contribution in [0.4, 0.5) is 0 Å². The predicted molar refractivity (Wildman–Crippen MR) is 55.1 cm³/mol. The van der Waals surface area contributed by atoms with E-state index in [1.54, 1.807) is 0 Å². The van der Waals surface area contributed by atoms with Gasteiger partial charge in [0.05, 0.1) is 0 Å². The van der Waals surface area contributed by atoms with E-state index >= 15 is 0 Å². The normalized spacial score (nSPS) is 36.5. The van der Waals surface area contributed by atoms with Gasteiger partial charge in [-0.25, -0.2) is 0 Å². The Morgan fingerprint density at radius 3 is 2.33 bits per heavy atom. The molecule has 0 spiro atoms. The van der Waals surface area contributed by atoms with Crippen LogP contribution in [0.2, 0.25) is 0 Å².